The molecule has 0 spiro atoms. The van der Waals surface area contributed by atoms with Gasteiger partial charge in [0.25, 0.3) is 0 Å². The van der Waals surface area contributed by atoms with E-state index >= 15 is 0 Å². The molecule has 1 aliphatic heterocycles. The molecule has 1 aromatic rings. The number of Topliss-reactive ketones (excluding diaryl/α,β-unsaturated/α-hetero) is 1. The molecule has 5 heteroatoms. The lowest BCUT2D eigenvalue weighted by Gasteiger charge is -2.34. The molecule has 0 aromatic heterocycles. The average molecular weight is 360 g/mol. The van der Waals surface area contributed by atoms with Crippen LogP contribution in [0.25, 0.3) is 0 Å². The van der Waals surface area contributed by atoms with Gasteiger partial charge in [0, 0.05) is 36.7 Å². The first-order chi connectivity index (χ1) is 12.4. The number of hydrogen-bond donors (Lipinski definition) is 0. The van der Waals surface area contributed by atoms with Gasteiger partial charge in [-0.25, -0.2) is 0 Å². The maximum Gasteiger partial charge on any atom is 0.246 e. The van der Waals surface area contributed by atoms with E-state index in [0.29, 0.717) is 25.1 Å². The molecule has 144 valence electrons. The molecule has 0 atom stereocenters. The predicted octanol–water partition coefficient (Wildman–Crippen LogP) is 3.92. The van der Waals surface area contributed by atoms with E-state index in [1.165, 1.54) is 0 Å². The van der Waals surface area contributed by atoms with Crippen molar-refractivity contribution < 1.29 is 14.4 Å². The lowest BCUT2D eigenvalue weighted by molar-refractivity contribution is -0.136. The van der Waals surface area contributed by atoms with Gasteiger partial charge in [0.15, 0.2) is 5.78 Å². The molecule has 2 amide bonds. The third-order valence-corrected chi connectivity index (χ3v) is 4.28. The summed E-state index contributed by atoms with van der Waals surface area (Å²) in [7, 11) is 0. The van der Waals surface area contributed by atoms with Gasteiger partial charge < -0.3 is 9.80 Å². The minimum Gasteiger partial charge on any atom is -0.332 e. The Morgan fingerprint density at radius 2 is 1.85 bits per heavy atom. The van der Waals surface area contributed by atoms with Crippen LogP contribution < -0.4 is 4.90 Å². The summed E-state index contributed by atoms with van der Waals surface area (Å²) in [5, 5.41) is 0. The minimum absolute atomic E-state index is 0.0496. The van der Waals surface area contributed by atoms with E-state index in [9.17, 15) is 14.4 Å². The molecule has 0 unspecified atom stereocenters. The van der Waals surface area contributed by atoms with Crippen LogP contribution in [0.15, 0.2) is 24.3 Å². The van der Waals surface area contributed by atoms with Crippen molar-refractivity contribution in [1.29, 1.82) is 0 Å². The Bertz CT molecular complexity index is 625. The Hall–Kier alpha value is -2.17. The number of unbranched alkanes of at least 4 members (excludes halogenated alkanes) is 1. The van der Waals surface area contributed by atoms with E-state index in [4.69, 9.17) is 0 Å². The van der Waals surface area contributed by atoms with E-state index in [0.717, 1.165) is 18.5 Å². The second kappa shape index (κ2) is 10.7. The summed E-state index contributed by atoms with van der Waals surface area (Å²) >= 11 is 0. The third kappa shape index (κ3) is 5.68. The number of rotatable bonds is 6. The summed E-state index contributed by atoms with van der Waals surface area (Å²) < 4.78 is 0. The summed E-state index contributed by atoms with van der Waals surface area (Å²) in [6.07, 6.45) is 2.32. The van der Waals surface area contributed by atoms with Gasteiger partial charge in [-0.2, -0.15) is 0 Å². The zero-order valence-electron chi connectivity index (χ0n) is 16.7. The third-order valence-electron chi connectivity index (χ3n) is 4.28. The molecule has 0 radical (unpaired) electrons. The highest BCUT2D eigenvalue weighted by atomic mass is 16.2. The molecule has 1 aliphatic rings. The van der Waals surface area contributed by atoms with Crippen LogP contribution >= 0.6 is 0 Å². The quantitative estimate of drug-likeness (QED) is 0.723. The van der Waals surface area contributed by atoms with Crippen LogP contribution in [0.5, 0.6) is 0 Å². The molecular formula is C21H32N2O3. The van der Waals surface area contributed by atoms with Gasteiger partial charge in [-0.05, 0) is 18.6 Å². The number of carbonyl (C=O) groups excluding carboxylic acids is 3. The first-order valence-electron chi connectivity index (χ1n) is 9.66. The summed E-state index contributed by atoms with van der Waals surface area (Å²) in [5.74, 6) is -0.0597. The fraction of sp³-hybridized carbons (Fsp3) is 0.571. The monoisotopic (exact) mass is 360 g/mol. The molecule has 0 bridgehead atoms. The van der Waals surface area contributed by atoms with Crippen molar-refractivity contribution >= 4 is 23.3 Å². The summed E-state index contributed by atoms with van der Waals surface area (Å²) in [6, 6.07) is 7.19. The van der Waals surface area contributed by atoms with Gasteiger partial charge in [-0.1, -0.05) is 53.2 Å². The van der Waals surface area contributed by atoms with E-state index in [2.05, 4.69) is 0 Å². The molecule has 0 aliphatic carbocycles. The second-order valence-corrected chi connectivity index (χ2v) is 6.53. The minimum atomic E-state index is -0.0970. The Morgan fingerprint density at radius 3 is 2.42 bits per heavy atom. The van der Waals surface area contributed by atoms with E-state index in [-0.39, 0.29) is 30.1 Å². The van der Waals surface area contributed by atoms with Gasteiger partial charge in [0.1, 0.15) is 6.54 Å². The smallest absolute Gasteiger partial charge is 0.246 e. The lowest BCUT2D eigenvalue weighted by atomic mass is 10.0. The summed E-state index contributed by atoms with van der Waals surface area (Å²) in [5.41, 5.74) is 1.35. The van der Waals surface area contributed by atoms with Crippen LogP contribution in [-0.2, 0) is 9.59 Å². The Kier molecular flexibility index (Phi) is 9.03. The lowest BCUT2D eigenvalue weighted by Crippen LogP contribution is -2.52. The van der Waals surface area contributed by atoms with Gasteiger partial charge in [0.2, 0.25) is 11.8 Å². The molecule has 1 heterocycles. The number of benzene rings is 1. The molecule has 1 aromatic carbocycles. The molecule has 0 saturated carbocycles. The maximum absolute atomic E-state index is 12.4. The Balaban J connectivity index is 0.00000163. The number of carbonyl (C=O) groups is 3. The first-order valence-corrected chi connectivity index (χ1v) is 9.66. The van der Waals surface area contributed by atoms with Crippen LogP contribution in [-0.4, -0.2) is 42.1 Å². The molecule has 26 heavy (non-hydrogen) atoms. The van der Waals surface area contributed by atoms with Gasteiger partial charge in [-0.15, -0.1) is 0 Å². The Morgan fingerprint density at radius 1 is 1.15 bits per heavy atom. The van der Waals surface area contributed by atoms with Crippen LogP contribution in [0.3, 0.4) is 0 Å². The predicted molar refractivity (Wildman–Crippen MR) is 105 cm³/mol. The molecule has 1 saturated heterocycles. The normalized spacial score (nSPS) is 14.2. The number of hydrogen-bond acceptors (Lipinski definition) is 3. The summed E-state index contributed by atoms with van der Waals surface area (Å²) in [4.78, 5) is 40.0. The number of anilines is 1. The number of ketones is 1. The highest BCUT2D eigenvalue weighted by Gasteiger charge is 2.28. The van der Waals surface area contributed by atoms with E-state index in [1.54, 1.807) is 28.0 Å². The zero-order valence-corrected chi connectivity index (χ0v) is 16.7. The van der Waals surface area contributed by atoms with Crippen LogP contribution in [0.4, 0.5) is 5.69 Å². The molecule has 5 nitrogen and oxygen atoms in total. The topological polar surface area (TPSA) is 57.7 Å². The SMILES string of the molecule is CC.CCCCC(=O)N1CCN(c2cccc(C(=O)C(C)C)c2)C(=O)C1. The van der Waals surface area contributed by atoms with Gasteiger partial charge >= 0.3 is 0 Å². The molecule has 0 N–H and O–H groups in total. The first kappa shape index (κ1) is 21.9. The number of amides is 2. The van der Waals surface area contributed by atoms with Crippen LogP contribution in [0.2, 0.25) is 0 Å². The number of piperazine rings is 1. The fourth-order valence-electron chi connectivity index (χ4n) is 2.81. The van der Waals surface area contributed by atoms with Crippen molar-refractivity contribution in [2.24, 2.45) is 5.92 Å². The highest BCUT2D eigenvalue weighted by molar-refractivity contribution is 6.01. The summed E-state index contributed by atoms with van der Waals surface area (Å²) in [6.45, 7) is 10.9. The zero-order chi connectivity index (χ0) is 19.7. The Labute approximate surface area is 157 Å². The van der Waals surface area contributed by atoms with Crippen LogP contribution in [0, 0.1) is 5.92 Å². The maximum atomic E-state index is 12.4. The van der Waals surface area contributed by atoms with Crippen LogP contribution in [0.1, 0.15) is 64.2 Å². The molecule has 2 rings (SSSR count). The standard InChI is InChI=1S/C19H26N2O3.C2H6/c1-4-5-9-17(22)20-10-11-21(18(23)13-20)16-8-6-7-15(12-16)19(24)14(2)3;1-2/h6-8,12,14H,4-5,9-11,13H2,1-3H3;1-2H3. The van der Waals surface area contributed by atoms with Crippen molar-refractivity contribution in [3.63, 3.8) is 0 Å². The largest absolute Gasteiger partial charge is 0.332 e. The van der Waals surface area contributed by atoms with Crippen molar-refractivity contribution in [1.82, 2.24) is 4.90 Å². The molecular weight excluding hydrogens is 328 g/mol. The van der Waals surface area contributed by atoms with Crippen molar-refractivity contribution in [3.8, 4) is 0 Å². The van der Waals surface area contributed by atoms with Crippen molar-refractivity contribution in [2.75, 3.05) is 24.5 Å². The van der Waals surface area contributed by atoms with Gasteiger partial charge in [0.05, 0.1) is 0 Å². The highest BCUT2D eigenvalue weighted by Crippen LogP contribution is 2.21. The molecule has 1 fully saturated rings. The van der Waals surface area contributed by atoms with E-state index < -0.39 is 0 Å². The van der Waals surface area contributed by atoms with Gasteiger partial charge in [-0.3, -0.25) is 14.4 Å². The van der Waals surface area contributed by atoms with Crippen molar-refractivity contribution in [3.05, 3.63) is 29.8 Å². The number of nitrogens with zero attached hydrogens (tertiary/aromatic N) is 2. The second-order valence-electron chi connectivity index (χ2n) is 6.53. The average Bonchev–Trinajstić information content (AvgIpc) is 2.66. The fourth-order valence-corrected chi connectivity index (χ4v) is 2.81. The van der Waals surface area contributed by atoms with E-state index in [1.807, 2.05) is 40.7 Å². The van der Waals surface area contributed by atoms with Crippen molar-refractivity contribution in [2.45, 2.75) is 53.9 Å².